The first kappa shape index (κ1) is 14.0. The Labute approximate surface area is 119 Å². The Morgan fingerprint density at radius 2 is 1.79 bits per heavy atom. The summed E-state index contributed by atoms with van der Waals surface area (Å²) in [7, 11) is -2.30. The van der Waals surface area contributed by atoms with E-state index in [-0.39, 0.29) is 10.6 Å². The van der Waals surface area contributed by atoms with Gasteiger partial charge in [0.2, 0.25) is 0 Å². The summed E-state index contributed by atoms with van der Waals surface area (Å²) in [5.74, 6) is -0.478. The summed E-state index contributed by atoms with van der Waals surface area (Å²) in [6.07, 6.45) is 0. The number of hydrogen-bond acceptors (Lipinski definition) is 2. The van der Waals surface area contributed by atoms with Crippen LogP contribution in [0.15, 0.2) is 57.9 Å². The van der Waals surface area contributed by atoms with Crippen LogP contribution in [-0.2, 0) is 10.0 Å². The van der Waals surface area contributed by atoms with Crippen LogP contribution in [0.2, 0.25) is 0 Å². The van der Waals surface area contributed by atoms with Crippen LogP contribution in [0.25, 0.3) is 0 Å². The van der Waals surface area contributed by atoms with Crippen molar-refractivity contribution >= 4 is 31.6 Å². The molecule has 0 radical (unpaired) electrons. The van der Waals surface area contributed by atoms with Gasteiger partial charge in [-0.3, -0.25) is 4.31 Å². The van der Waals surface area contributed by atoms with Crippen LogP contribution in [0.1, 0.15) is 0 Å². The van der Waals surface area contributed by atoms with Gasteiger partial charge >= 0.3 is 0 Å². The van der Waals surface area contributed by atoms with Crippen molar-refractivity contribution in [2.45, 2.75) is 4.90 Å². The van der Waals surface area contributed by atoms with E-state index < -0.39 is 15.8 Å². The van der Waals surface area contributed by atoms with Gasteiger partial charge in [0.05, 0.1) is 10.6 Å². The molecule has 0 saturated heterocycles. The number of halogens is 2. The van der Waals surface area contributed by atoms with E-state index in [9.17, 15) is 12.8 Å². The maximum atomic E-state index is 13.2. The van der Waals surface area contributed by atoms with Gasteiger partial charge in [0.1, 0.15) is 5.82 Å². The van der Waals surface area contributed by atoms with Crippen molar-refractivity contribution in [3.05, 3.63) is 58.8 Å². The van der Waals surface area contributed by atoms with Crippen LogP contribution in [0, 0.1) is 5.82 Å². The van der Waals surface area contributed by atoms with E-state index in [1.807, 2.05) is 0 Å². The van der Waals surface area contributed by atoms with Crippen LogP contribution < -0.4 is 4.31 Å². The standard InChI is InChI=1S/C13H11BrFNO2S/c1-16(12-6-3-5-11(15)9-12)19(17,18)13-7-2-4-10(14)8-13/h2-9H,1H3. The van der Waals surface area contributed by atoms with Crippen molar-refractivity contribution in [1.82, 2.24) is 0 Å². The zero-order chi connectivity index (χ0) is 14.0. The fourth-order valence-corrected chi connectivity index (χ4v) is 3.38. The van der Waals surface area contributed by atoms with Crippen molar-refractivity contribution in [3.63, 3.8) is 0 Å². The zero-order valence-electron chi connectivity index (χ0n) is 10.0. The summed E-state index contributed by atoms with van der Waals surface area (Å²) in [4.78, 5) is 0.147. The third kappa shape index (κ3) is 2.96. The third-order valence-corrected chi connectivity index (χ3v) is 4.90. The Morgan fingerprint density at radius 3 is 2.42 bits per heavy atom. The third-order valence-electron chi connectivity index (χ3n) is 2.63. The zero-order valence-corrected chi connectivity index (χ0v) is 12.4. The Hall–Kier alpha value is -1.40. The van der Waals surface area contributed by atoms with E-state index in [1.54, 1.807) is 18.2 Å². The summed E-state index contributed by atoms with van der Waals surface area (Å²) >= 11 is 3.23. The normalized spacial score (nSPS) is 11.3. The quantitative estimate of drug-likeness (QED) is 0.856. The molecule has 100 valence electrons. The number of sulfonamides is 1. The predicted octanol–water partition coefficient (Wildman–Crippen LogP) is 3.41. The second-order valence-corrected chi connectivity index (χ2v) is 6.79. The maximum Gasteiger partial charge on any atom is 0.264 e. The summed E-state index contributed by atoms with van der Waals surface area (Å²) in [6.45, 7) is 0. The second kappa shape index (κ2) is 5.30. The topological polar surface area (TPSA) is 37.4 Å². The molecule has 0 saturated carbocycles. The highest BCUT2D eigenvalue weighted by atomic mass is 79.9. The average Bonchev–Trinajstić information content (AvgIpc) is 2.38. The van der Waals surface area contributed by atoms with E-state index >= 15 is 0 Å². The van der Waals surface area contributed by atoms with Gasteiger partial charge in [0, 0.05) is 11.5 Å². The lowest BCUT2D eigenvalue weighted by atomic mass is 10.3. The summed E-state index contributed by atoms with van der Waals surface area (Å²) < 4.78 is 39.6. The number of rotatable bonds is 3. The Balaban J connectivity index is 2.45. The molecule has 2 aromatic rings. The van der Waals surface area contributed by atoms with Crippen LogP contribution >= 0.6 is 15.9 Å². The van der Waals surface area contributed by atoms with Crippen molar-refractivity contribution in [3.8, 4) is 0 Å². The molecule has 3 nitrogen and oxygen atoms in total. The van der Waals surface area contributed by atoms with Gasteiger partial charge in [-0.1, -0.05) is 28.1 Å². The molecule has 0 N–H and O–H groups in total. The van der Waals surface area contributed by atoms with E-state index in [0.717, 1.165) is 4.31 Å². The van der Waals surface area contributed by atoms with Crippen molar-refractivity contribution in [1.29, 1.82) is 0 Å². The minimum absolute atomic E-state index is 0.147. The maximum absolute atomic E-state index is 13.2. The molecule has 0 fully saturated rings. The molecule has 2 aromatic carbocycles. The van der Waals surface area contributed by atoms with Crippen LogP contribution in [0.3, 0.4) is 0 Å². The monoisotopic (exact) mass is 343 g/mol. The van der Waals surface area contributed by atoms with Crippen molar-refractivity contribution < 1.29 is 12.8 Å². The van der Waals surface area contributed by atoms with E-state index in [4.69, 9.17) is 0 Å². The molecular weight excluding hydrogens is 333 g/mol. The lowest BCUT2D eigenvalue weighted by Crippen LogP contribution is -2.26. The Bertz CT molecular complexity index is 703. The van der Waals surface area contributed by atoms with E-state index in [0.29, 0.717) is 4.47 Å². The first-order chi connectivity index (χ1) is 8.91. The molecular formula is C13H11BrFNO2S. The molecule has 19 heavy (non-hydrogen) atoms. The summed E-state index contributed by atoms with van der Waals surface area (Å²) in [5.41, 5.74) is 0.278. The minimum Gasteiger partial charge on any atom is -0.269 e. The molecule has 0 atom stereocenters. The minimum atomic E-state index is -3.69. The highest BCUT2D eigenvalue weighted by Gasteiger charge is 2.21. The van der Waals surface area contributed by atoms with Gasteiger partial charge in [-0.25, -0.2) is 12.8 Å². The molecule has 0 heterocycles. The molecule has 6 heteroatoms. The largest absolute Gasteiger partial charge is 0.269 e. The van der Waals surface area contributed by atoms with Gasteiger partial charge in [0.25, 0.3) is 10.0 Å². The first-order valence-electron chi connectivity index (χ1n) is 5.41. The molecule has 0 bridgehead atoms. The van der Waals surface area contributed by atoms with Gasteiger partial charge in [-0.05, 0) is 36.4 Å². The Morgan fingerprint density at radius 1 is 1.11 bits per heavy atom. The molecule has 0 spiro atoms. The molecule has 0 aliphatic carbocycles. The summed E-state index contributed by atoms with van der Waals surface area (Å²) in [6, 6.07) is 11.8. The summed E-state index contributed by atoms with van der Waals surface area (Å²) in [5, 5.41) is 0. The molecule has 0 aliphatic heterocycles. The smallest absolute Gasteiger partial charge is 0.264 e. The highest BCUT2D eigenvalue weighted by molar-refractivity contribution is 9.10. The van der Waals surface area contributed by atoms with Gasteiger partial charge in [-0.2, -0.15) is 0 Å². The second-order valence-electron chi connectivity index (χ2n) is 3.91. The molecule has 0 aromatic heterocycles. The molecule has 0 unspecified atom stereocenters. The van der Waals surface area contributed by atoms with Crippen LogP contribution in [0.4, 0.5) is 10.1 Å². The first-order valence-corrected chi connectivity index (χ1v) is 7.64. The van der Waals surface area contributed by atoms with Crippen molar-refractivity contribution in [2.24, 2.45) is 0 Å². The highest BCUT2D eigenvalue weighted by Crippen LogP contribution is 2.24. The Kier molecular flexibility index (Phi) is 3.91. The fourth-order valence-electron chi connectivity index (χ4n) is 1.60. The van der Waals surface area contributed by atoms with E-state index in [1.165, 1.54) is 37.4 Å². The number of nitrogens with zero attached hydrogens (tertiary/aromatic N) is 1. The van der Waals surface area contributed by atoms with Gasteiger partial charge in [-0.15, -0.1) is 0 Å². The van der Waals surface area contributed by atoms with Gasteiger partial charge in [0.15, 0.2) is 0 Å². The molecule has 0 amide bonds. The predicted molar refractivity (Wildman–Crippen MR) is 76.1 cm³/mol. The number of anilines is 1. The number of benzene rings is 2. The lowest BCUT2D eigenvalue weighted by Gasteiger charge is -2.19. The van der Waals surface area contributed by atoms with Crippen LogP contribution in [0.5, 0.6) is 0 Å². The lowest BCUT2D eigenvalue weighted by molar-refractivity contribution is 0.594. The van der Waals surface area contributed by atoms with Crippen LogP contribution in [-0.4, -0.2) is 15.5 Å². The van der Waals surface area contributed by atoms with E-state index in [2.05, 4.69) is 15.9 Å². The SMILES string of the molecule is CN(c1cccc(F)c1)S(=O)(=O)c1cccc(Br)c1. The van der Waals surface area contributed by atoms with Gasteiger partial charge < -0.3 is 0 Å². The average molecular weight is 344 g/mol. The number of hydrogen-bond donors (Lipinski definition) is 0. The van der Waals surface area contributed by atoms with Crippen molar-refractivity contribution in [2.75, 3.05) is 11.4 Å². The fraction of sp³-hybridized carbons (Fsp3) is 0.0769. The molecule has 0 aliphatic rings. The molecule has 2 rings (SSSR count).